The van der Waals surface area contributed by atoms with Crippen LogP contribution in [0.4, 0.5) is 5.82 Å². The van der Waals surface area contributed by atoms with Crippen molar-refractivity contribution in [3.8, 4) is 0 Å². The number of hydrogen-bond acceptors (Lipinski definition) is 5. The predicted molar refractivity (Wildman–Crippen MR) is 85.5 cm³/mol. The maximum atomic E-state index is 5.94. The molecule has 0 aliphatic carbocycles. The van der Waals surface area contributed by atoms with Crippen molar-refractivity contribution in [2.24, 2.45) is 0 Å². The third-order valence-corrected chi connectivity index (χ3v) is 5.42. The Morgan fingerprint density at radius 2 is 2.05 bits per heavy atom. The molecule has 3 aromatic rings. The lowest BCUT2D eigenvalue weighted by atomic mass is 10.4. The van der Waals surface area contributed by atoms with Crippen LogP contribution in [0.25, 0.3) is 10.2 Å². The Morgan fingerprint density at radius 3 is 2.89 bits per heavy atom. The first-order chi connectivity index (χ1) is 9.24. The van der Waals surface area contributed by atoms with Gasteiger partial charge in [-0.25, -0.2) is 9.97 Å². The lowest BCUT2D eigenvalue weighted by Gasteiger charge is -2.04. The summed E-state index contributed by atoms with van der Waals surface area (Å²) in [5.74, 6) is 2.04. The van der Waals surface area contributed by atoms with Gasteiger partial charge < -0.3 is 5.73 Å². The van der Waals surface area contributed by atoms with Crippen molar-refractivity contribution in [2.45, 2.75) is 10.6 Å². The number of halogens is 1. The van der Waals surface area contributed by atoms with E-state index in [0.717, 1.165) is 20.5 Å². The summed E-state index contributed by atoms with van der Waals surface area (Å²) in [6.45, 7) is 0. The highest BCUT2D eigenvalue weighted by Gasteiger charge is 2.07. The summed E-state index contributed by atoms with van der Waals surface area (Å²) in [7, 11) is 0. The smallest absolute Gasteiger partial charge is 0.142 e. The molecule has 2 aromatic heterocycles. The van der Waals surface area contributed by atoms with E-state index in [2.05, 4.69) is 32.0 Å². The first-order valence-electron chi connectivity index (χ1n) is 5.61. The van der Waals surface area contributed by atoms with Gasteiger partial charge in [0.2, 0.25) is 0 Å². The fourth-order valence-electron chi connectivity index (χ4n) is 1.69. The Labute approximate surface area is 127 Å². The summed E-state index contributed by atoms with van der Waals surface area (Å²) in [6, 6.07) is 10.1. The largest absolute Gasteiger partial charge is 0.383 e. The van der Waals surface area contributed by atoms with Crippen LogP contribution in [0.5, 0.6) is 0 Å². The number of nitrogens with two attached hydrogens (primary N) is 1. The minimum Gasteiger partial charge on any atom is -0.383 e. The number of thioether (sulfide) groups is 1. The average Bonchev–Trinajstić information content (AvgIpc) is 2.87. The molecule has 96 valence electrons. The molecular formula is C13H10BrN3S2. The third-order valence-electron chi connectivity index (χ3n) is 2.59. The molecule has 2 heterocycles. The van der Waals surface area contributed by atoms with Crippen LogP contribution in [0.15, 0.2) is 45.1 Å². The highest BCUT2D eigenvalue weighted by atomic mass is 79.9. The summed E-state index contributed by atoms with van der Waals surface area (Å²) in [4.78, 5) is 11.0. The first kappa shape index (κ1) is 12.9. The van der Waals surface area contributed by atoms with Gasteiger partial charge in [-0.15, -0.1) is 23.1 Å². The molecular weight excluding hydrogens is 342 g/mol. The molecule has 6 heteroatoms. The highest BCUT2D eigenvalue weighted by Crippen LogP contribution is 2.30. The summed E-state index contributed by atoms with van der Waals surface area (Å²) >= 11 is 6.82. The number of nitrogens with zero attached hydrogens (tertiary/aromatic N) is 2. The van der Waals surface area contributed by atoms with Crippen LogP contribution >= 0.6 is 39.0 Å². The molecule has 19 heavy (non-hydrogen) atoms. The molecule has 0 saturated heterocycles. The van der Waals surface area contributed by atoms with Gasteiger partial charge >= 0.3 is 0 Å². The average molecular weight is 352 g/mol. The van der Waals surface area contributed by atoms with Crippen LogP contribution in [-0.4, -0.2) is 9.97 Å². The topological polar surface area (TPSA) is 51.8 Å². The van der Waals surface area contributed by atoms with E-state index in [1.165, 1.54) is 4.90 Å². The summed E-state index contributed by atoms with van der Waals surface area (Å²) in [5, 5.41) is 2.93. The lowest BCUT2D eigenvalue weighted by molar-refractivity contribution is 1.08. The molecule has 0 spiro atoms. The van der Waals surface area contributed by atoms with Crippen molar-refractivity contribution < 1.29 is 0 Å². The molecule has 2 N–H and O–H groups in total. The fraction of sp³-hybridized carbons (Fsp3) is 0.0769. The minimum absolute atomic E-state index is 0.564. The van der Waals surface area contributed by atoms with E-state index in [9.17, 15) is 0 Å². The van der Waals surface area contributed by atoms with Gasteiger partial charge in [-0.1, -0.05) is 12.1 Å². The summed E-state index contributed by atoms with van der Waals surface area (Å²) in [5.41, 5.74) is 5.94. The zero-order chi connectivity index (χ0) is 13.2. The van der Waals surface area contributed by atoms with Gasteiger partial charge in [-0.2, -0.15) is 0 Å². The van der Waals surface area contributed by atoms with Crippen LogP contribution in [0, 0.1) is 0 Å². The molecule has 0 fully saturated rings. The molecule has 0 saturated carbocycles. The normalized spacial score (nSPS) is 11.0. The van der Waals surface area contributed by atoms with Crippen LogP contribution in [0.1, 0.15) is 5.82 Å². The number of benzene rings is 1. The summed E-state index contributed by atoms with van der Waals surface area (Å²) < 4.78 is 1.09. The maximum Gasteiger partial charge on any atom is 0.142 e. The number of nitrogen functional groups attached to an aromatic ring is 1. The Bertz CT molecular complexity index is 727. The Hall–Kier alpha value is -1.11. The van der Waals surface area contributed by atoms with E-state index < -0.39 is 0 Å². The van der Waals surface area contributed by atoms with E-state index >= 15 is 0 Å². The van der Waals surface area contributed by atoms with E-state index in [0.29, 0.717) is 11.6 Å². The van der Waals surface area contributed by atoms with Gasteiger partial charge in [0.25, 0.3) is 0 Å². The number of aromatic nitrogens is 2. The first-order valence-corrected chi connectivity index (χ1v) is 8.27. The quantitative estimate of drug-likeness (QED) is 0.713. The second-order valence-electron chi connectivity index (χ2n) is 3.88. The Morgan fingerprint density at radius 1 is 1.21 bits per heavy atom. The van der Waals surface area contributed by atoms with Crippen LogP contribution in [0.2, 0.25) is 0 Å². The second-order valence-corrected chi connectivity index (χ2v) is 6.65. The number of anilines is 1. The van der Waals surface area contributed by atoms with Gasteiger partial charge in [0.05, 0.1) is 11.1 Å². The fourth-order valence-corrected chi connectivity index (χ4v) is 3.91. The van der Waals surface area contributed by atoms with Gasteiger partial charge in [0.15, 0.2) is 0 Å². The van der Waals surface area contributed by atoms with Gasteiger partial charge in [0, 0.05) is 9.37 Å². The van der Waals surface area contributed by atoms with Crippen LogP contribution in [-0.2, 0) is 5.75 Å². The van der Waals surface area contributed by atoms with E-state index in [4.69, 9.17) is 5.73 Å². The standard InChI is InChI=1S/C13H10BrN3S2/c14-9-3-1-2-4-10(9)19-7-11-16-12(15)8-5-6-18-13(8)17-11/h1-6H,7H2,(H2,15,16,17). The monoisotopic (exact) mass is 351 g/mol. The van der Waals surface area contributed by atoms with Crippen molar-refractivity contribution in [3.05, 3.63) is 46.0 Å². The molecule has 0 amide bonds. The zero-order valence-electron chi connectivity index (χ0n) is 9.84. The summed E-state index contributed by atoms with van der Waals surface area (Å²) in [6.07, 6.45) is 0. The molecule has 0 radical (unpaired) electrons. The maximum absolute atomic E-state index is 5.94. The van der Waals surface area contributed by atoms with Crippen molar-refractivity contribution >= 4 is 55.1 Å². The van der Waals surface area contributed by atoms with E-state index in [-0.39, 0.29) is 0 Å². The van der Waals surface area contributed by atoms with Crippen molar-refractivity contribution in [1.82, 2.24) is 9.97 Å². The Balaban J connectivity index is 1.84. The lowest BCUT2D eigenvalue weighted by Crippen LogP contribution is -1.98. The highest BCUT2D eigenvalue weighted by molar-refractivity contribution is 9.10. The number of rotatable bonds is 3. The van der Waals surface area contributed by atoms with Crippen LogP contribution < -0.4 is 5.73 Å². The minimum atomic E-state index is 0.564. The van der Waals surface area contributed by atoms with Gasteiger partial charge in [-0.3, -0.25) is 0 Å². The molecule has 0 atom stereocenters. The third kappa shape index (κ3) is 2.75. The second kappa shape index (κ2) is 5.48. The molecule has 0 bridgehead atoms. The number of fused-ring (bicyclic) bond motifs is 1. The molecule has 3 nitrogen and oxygen atoms in total. The molecule has 3 rings (SSSR count). The zero-order valence-corrected chi connectivity index (χ0v) is 13.1. The van der Waals surface area contributed by atoms with Crippen molar-refractivity contribution in [1.29, 1.82) is 0 Å². The Kier molecular flexibility index (Phi) is 3.72. The molecule has 0 aliphatic rings. The number of thiophene rings is 1. The predicted octanol–water partition coefficient (Wildman–Crippen LogP) is 4.33. The van der Waals surface area contributed by atoms with Gasteiger partial charge in [-0.05, 0) is 39.5 Å². The number of hydrogen-bond donors (Lipinski definition) is 1. The van der Waals surface area contributed by atoms with Gasteiger partial charge in [0.1, 0.15) is 16.5 Å². The van der Waals surface area contributed by atoms with E-state index in [1.807, 2.05) is 29.6 Å². The van der Waals surface area contributed by atoms with E-state index in [1.54, 1.807) is 23.1 Å². The molecule has 0 aliphatic heterocycles. The molecule has 1 aromatic carbocycles. The van der Waals surface area contributed by atoms with Crippen molar-refractivity contribution in [3.63, 3.8) is 0 Å². The van der Waals surface area contributed by atoms with Crippen LogP contribution in [0.3, 0.4) is 0 Å². The van der Waals surface area contributed by atoms with Crippen molar-refractivity contribution in [2.75, 3.05) is 5.73 Å². The molecule has 0 unspecified atom stereocenters. The SMILES string of the molecule is Nc1nc(CSc2ccccc2Br)nc2sccc12.